The lowest BCUT2D eigenvalue weighted by Gasteiger charge is -2.22. The average molecular weight is 392 g/mol. The molecule has 2 aromatic rings. The fourth-order valence-electron chi connectivity index (χ4n) is 3.05. The van der Waals surface area contributed by atoms with Crippen molar-refractivity contribution in [1.29, 1.82) is 5.26 Å². The van der Waals surface area contributed by atoms with Crippen LogP contribution in [0.1, 0.15) is 18.1 Å². The second-order valence-corrected chi connectivity index (χ2v) is 6.84. The Morgan fingerprint density at radius 1 is 1.24 bits per heavy atom. The van der Waals surface area contributed by atoms with E-state index in [4.69, 9.17) is 10.00 Å². The van der Waals surface area contributed by atoms with Gasteiger partial charge in [0.2, 0.25) is 5.91 Å². The molecule has 0 radical (unpaired) electrons. The molecule has 1 atom stereocenters. The maximum Gasteiger partial charge on any atom is 0.325 e. The van der Waals surface area contributed by atoms with Crippen LogP contribution in [0.4, 0.5) is 10.5 Å². The van der Waals surface area contributed by atoms with Crippen molar-refractivity contribution in [3.05, 3.63) is 59.7 Å². The number of ether oxygens (including phenoxy) is 1. The first kappa shape index (κ1) is 19.9. The standard InChI is InChI=1S/C21H20N4O4/c1-14-6-8-15(9-7-14)21(2)19(27)25(20(28)24-21)13-18(26)23-16-4-3-5-17(12-16)29-11-10-22/h3-9,12H,11,13H2,1-2H3,(H,23,26)(H,24,28). The van der Waals surface area contributed by atoms with E-state index in [1.807, 2.05) is 25.1 Å². The maximum absolute atomic E-state index is 12.9. The highest BCUT2D eigenvalue weighted by atomic mass is 16.5. The predicted octanol–water partition coefficient (Wildman–Crippen LogP) is 2.30. The van der Waals surface area contributed by atoms with Crippen molar-refractivity contribution in [3.63, 3.8) is 0 Å². The molecule has 1 aliphatic heterocycles. The number of carbonyl (C=O) groups is 3. The summed E-state index contributed by atoms with van der Waals surface area (Å²) < 4.78 is 5.19. The zero-order chi connectivity index (χ0) is 21.0. The second-order valence-electron chi connectivity index (χ2n) is 6.84. The molecular weight excluding hydrogens is 372 g/mol. The molecule has 148 valence electrons. The largest absolute Gasteiger partial charge is 0.479 e. The van der Waals surface area contributed by atoms with Crippen LogP contribution in [0.5, 0.6) is 5.75 Å². The molecule has 0 saturated carbocycles. The Kier molecular flexibility index (Phi) is 5.50. The summed E-state index contributed by atoms with van der Waals surface area (Å²) in [5.41, 5.74) is 0.882. The monoisotopic (exact) mass is 392 g/mol. The lowest BCUT2D eigenvalue weighted by molar-refractivity contribution is -0.133. The van der Waals surface area contributed by atoms with Crippen LogP contribution in [0.15, 0.2) is 48.5 Å². The number of carbonyl (C=O) groups excluding carboxylic acids is 3. The minimum absolute atomic E-state index is 0.114. The van der Waals surface area contributed by atoms with Crippen molar-refractivity contribution >= 4 is 23.5 Å². The van der Waals surface area contributed by atoms with Crippen LogP contribution in [0.2, 0.25) is 0 Å². The first-order valence-electron chi connectivity index (χ1n) is 8.94. The summed E-state index contributed by atoms with van der Waals surface area (Å²) in [4.78, 5) is 38.6. The molecule has 8 nitrogen and oxygen atoms in total. The van der Waals surface area contributed by atoms with Crippen molar-refractivity contribution in [2.45, 2.75) is 19.4 Å². The van der Waals surface area contributed by atoms with Gasteiger partial charge in [0, 0.05) is 11.8 Å². The number of aryl methyl sites for hydroxylation is 1. The highest BCUT2D eigenvalue weighted by Gasteiger charge is 2.49. The Morgan fingerprint density at radius 2 is 1.97 bits per heavy atom. The number of imide groups is 1. The molecule has 1 unspecified atom stereocenters. The van der Waals surface area contributed by atoms with Gasteiger partial charge in [-0.3, -0.25) is 14.5 Å². The molecule has 0 aromatic heterocycles. The molecule has 2 aromatic carbocycles. The second kappa shape index (κ2) is 8.02. The lowest BCUT2D eigenvalue weighted by atomic mass is 9.91. The molecular formula is C21H20N4O4. The minimum Gasteiger partial charge on any atom is -0.479 e. The Morgan fingerprint density at radius 3 is 2.66 bits per heavy atom. The first-order chi connectivity index (χ1) is 13.8. The van der Waals surface area contributed by atoms with E-state index in [2.05, 4.69) is 10.6 Å². The van der Waals surface area contributed by atoms with Gasteiger partial charge in [-0.15, -0.1) is 0 Å². The van der Waals surface area contributed by atoms with Gasteiger partial charge in [0.1, 0.15) is 23.9 Å². The molecule has 3 rings (SSSR count). The summed E-state index contributed by atoms with van der Waals surface area (Å²) in [6.07, 6.45) is 0. The molecule has 0 aliphatic carbocycles. The Balaban J connectivity index is 1.69. The molecule has 1 fully saturated rings. The SMILES string of the molecule is Cc1ccc(C2(C)NC(=O)N(CC(=O)Nc3cccc(OCC#N)c3)C2=O)cc1. The molecule has 29 heavy (non-hydrogen) atoms. The molecule has 1 aliphatic rings. The van der Waals surface area contributed by atoms with Crippen LogP contribution < -0.4 is 15.4 Å². The van der Waals surface area contributed by atoms with E-state index in [-0.39, 0.29) is 6.61 Å². The number of benzene rings is 2. The van der Waals surface area contributed by atoms with E-state index in [1.54, 1.807) is 43.3 Å². The molecule has 1 saturated heterocycles. The van der Waals surface area contributed by atoms with Crippen molar-refractivity contribution in [2.24, 2.45) is 0 Å². The van der Waals surface area contributed by atoms with Crippen LogP contribution in [-0.2, 0) is 15.1 Å². The number of rotatable bonds is 6. The van der Waals surface area contributed by atoms with Crippen LogP contribution in [0.3, 0.4) is 0 Å². The van der Waals surface area contributed by atoms with Gasteiger partial charge in [0.15, 0.2) is 6.61 Å². The van der Waals surface area contributed by atoms with E-state index in [0.29, 0.717) is 17.0 Å². The fraction of sp³-hybridized carbons (Fsp3) is 0.238. The van der Waals surface area contributed by atoms with Crippen molar-refractivity contribution in [3.8, 4) is 11.8 Å². The summed E-state index contributed by atoms with van der Waals surface area (Å²) in [5, 5.41) is 13.9. The topological polar surface area (TPSA) is 112 Å². The third-order valence-electron chi connectivity index (χ3n) is 4.63. The molecule has 1 heterocycles. The van der Waals surface area contributed by atoms with Crippen molar-refractivity contribution in [1.82, 2.24) is 10.2 Å². The first-order valence-corrected chi connectivity index (χ1v) is 8.94. The number of nitriles is 1. The number of hydrogen-bond donors (Lipinski definition) is 2. The summed E-state index contributed by atoms with van der Waals surface area (Å²) in [5.74, 6) is -0.599. The van der Waals surface area contributed by atoms with Crippen LogP contribution in [0, 0.1) is 18.3 Å². The van der Waals surface area contributed by atoms with E-state index < -0.39 is 29.9 Å². The fourth-order valence-corrected chi connectivity index (χ4v) is 3.05. The Labute approximate surface area is 168 Å². The molecule has 8 heteroatoms. The lowest BCUT2D eigenvalue weighted by Crippen LogP contribution is -2.42. The van der Waals surface area contributed by atoms with Gasteiger partial charge in [-0.25, -0.2) is 4.79 Å². The molecule has 0 bridgehead atoms. The smallest absolute Gasteiger partial charge is 0.325 e. The minimum atomic E-state index is -1.23. The van der Waals surface area contributed by atoms with Gasteiger partial charge >= 0.3 is 6.03 Å². The molecule has 2 N–H and O–H groups in total. The summed E-state index contributed by atoms with van der Waals surface area (Å²) in [6, 6.07) is 15.0. The van der Waals surface area contributed by atoms with E-state index in [1.165, 1.54) is 0 Å². The van der Waals surface area contributed by atoms with Crippen LogP contribution >= 0.6 is 0 Å². The van der Waals surface area contributed by atoms with Crippen molar-refractivity contribution in [2.75, 3.05) is 18.5 Å². The zero-order valence-corrected chi connectivity index (χ0v) is 16.1. The number of hydrogen-bond acceptors (Lipinski definition) is 5. The Hall–Kier alpha value is -3.86. The number of nitrogens with zero attached hydrogens (tertiary/aromatic N) is 2. The molecule has 4 amide bonds. The van der Waals surface area contributed by atoms with E-state index >= 15 is 0 Å². The van der Waals surface area contributed by atoms with Gasteiger partial charge in [0.05, 0.1) is 0 Å². The highest BCUT2D eigenvalue weighted by molar-refractivity contribution is 6.10. The van der Waals surface area contributed by atoms with Gasteiger partial charge in [-0.05, 0) is 31.5 Å². The number of urea groups is 1. The summed E-state index contributed by atoms with van der Waals surface area (Å²) >= 11 is 0. The quantitative estimate of drug-likeness (QED) is 0.733. The Bertz CT molecular complexity index is 996. The van der Waals surface area contributed by atoms with Gasteiger partial charge in [-0.2, -0.15) is 5.26 Å². The summed E-state index contributed by atoms with van der Waals surface area (Å²) in [6.45, 7) is 3.01. The average Bonchev–Trinajstić information content (AvgIpc) is 2.91. The predicted molar refractivity (Wildman–Crippen MR) is 105 cm³/mol. The van der Waals surface area contributed by atoms with E-state index in [0.717, 1.165) is 10.5 Å². The normalized spacial score (nSPS) is 18.2. The third kappa shape index (κ3) is 4.19. The van der Waals surface area contributed by atoms with Gasteiger partial charge < -0.3 is 15.4 Å². The number of anilines is 1. The van der Waals surface area contributed by atoms with Gasteiger partial charge in [-0.1, -0.05) is 35.9 Å². The number of amides is 4. The number of nitrogens with one attached hydrogen (secondary N) is 2. The summed E-state index contributed by atoms with van der Waals surface area (Å²) in [7, 11) is 0. The maximum atomic E-state index is 12.9. The zero-order valence-electron chi connectivity index (χ0n) is 16.1. The molecule has 0 spiro atoms. The third-order valence-corrected chi connectivity index (χ3v) is 4.63. The van der Waals surface area contributed by atoms with Crippen LogP contribution in [0.25, 0.3) is 0 Å². The van der Waals surface area contributed by atoms with E-state index in [9.17, 15) is 14.4 Å². The van der Waals surface area contributed by atoms with Crippen molar-refractivity contribution < 1.29 is 19.1 Å². The van der Waals surface area contributed by atoms with Crippen LogP contribution in [-0.4, -0.2) is 35.9 Å². The van der Waals surface area contributed by atoms with Gasteiger partial charge in [0.25, 0.3) is 5.91 Å². The highest BCUT2D eigenvalue weighted by Crippen LogP contribution is 2.29.